The Morgan fingerprint density at radius 1 is 1.62 bits per heavy atom. The van der Waals surface area contributed by atoms with E-state index in [1.807, 2.05) is 0 Å². The molecule has 0 aliphatic rings. The van der Waals surface area contributed by atoms with E-state index in [-0.39, 0.29) is 12.0 Å². The van der Waals surface area contributed by atoms with Gasteiger partial charge in [-0.25, -0.2) is 0 Å². The second kappa shape index (κ2) is 4.12. The number of nitrogens with two attached hydrogens (primary N) is 1. The van der Waals surface area contributed by atoms with E-state index in [2.05, 4.69) is 16.8 Å². The number of pyridine rings is 1. The summed E-state index contributed by atoms with van der Waals surface area (Å²) in [7, 11) is 0. The number of nitrogens with one attached hydrogen (secondary N) is 1. The summed E-state index contributed by atoms with van der Waals surface area (Å²) in [6.07, 6.45) is 1.48. The van der Waals surface area contributed by atoms with Crippen LogP contribution in [0.25, 0.3) is 0 Å². The van der Waals surface area contributed by atoms with E-state index in [0.717, 1.165) is 0 Å². The molecular weight excluding hydrogens is 168 g/mol. The van der Waals surface area contributed by atoms with Gasteiger partial charge in [-0.2, -0.15) is 0 Å². The third-order valence-corrected chi connectivity index (χ3v) is 1.30. The zero-order chi connectivity index (χ0) is 9.68. The lowest BCUT2D eigenvalue weighted by molar-refractivity contribution is -0.117. The van der Waals surface area contributed by atoms with Crippen LogP contribution in [0, 0.1) is 11.8 Å². The molecule has 3 N–H and O–H groups in total. The number of aromatic nitrogens is 1. The Bertz CT molecular complexity index is 423. The molecule has 13 heavy (non-hydrogen) atoms. The molecule has 1 amide bonds. The summed E-state index contributed by atoms with van der Waals surface area (Å²) in [4.78, 5) is 23.8. The van der Waals surface area contributed by atoms with E-state index >= 15 is 0 Å². The number of primary amides is 1. The van der Waals surface area contributed by atoms with Crippen LogP contribution in [-0.4, -0.2) is 10.9 Å². The van der Waals surface area contributed by atoms with Crippen molar-refractivity contribution >= 4 is 5.91 Å². The molecular formula is C9H8N2O2. The Hall–Kier alpha value is -2.02. The molecule has 1 rings (SSSR count). The molecule has 66 valence electrons. The first-order valence-corrected chi connectivity index (χ1v) is 3.65. The van der Waals surface area contributed by atoms with Crippen molar-refractivity contribution in [2.24, 2.45) is 5.73 Å². The predicted molar refractivity (Wildman–Crippen MR) is 47.8 cm³/mol. The van der Waals surface area contributed by atoms with Gasteiger partial charge in [-0.15, -0.1) is 0 Å². The van der Waals surface area contributed by atoms with Crippen LogP contribution in [0.1, 0.15) is 12.0 Å². The van der Waals surface area contributed by atoms with Crippen LogP contribution in [-0.2, 0) is 4.79 Å². The number of rotatable bonds is 1. The maximum Gasteiger partial charge on any atom is 0.263 e. The Morgan fingerprint density at radius 2 is 2.38 bits per heavy atom. The van der Waals surface area contributed by atoms with E-state index in [1.54, 1.807) is 12.1 Å². The van der Waals surface area contributed by atoms with Crippen LogP contribution in [0.4, 0.5) is 0 Å². The van der Waals surface area contributed by atoms with Crippen LogP contribution in [0.2, 0.25) is 0 Å². The summed E-state index contributed by atoms with van der Waals surface area (Å²) >= 11 is 0. The average Bonchev–Trinajstić information content (AvgIpc) is 2.08. The van der Waals surface area contributed by atoms with Crippen molar-refractivity contribution in [1.29, 1.82) is 0 Å². The van der Waals surface area contributed by atoms with E-state index in [1.165, 1.54) is 6.20 Å². The van der Waals surface area contributed by atoms with Crippen molar-refractivity contribution in [3.05, 3.63) is 34.2 Å². The van der Waals surface area contributed by atoms with Crippen molar-refractivity contribution in [2.45, 2.75) is 6.42 Å². The fraction of sp³-hybridized carbons (Fsp3) is 0.111. The van der Waals surface area contributed by atoms with Gasteiger partial charge in [0, 0.05) is 6.20 Å². The van der Waals surface area contributed by atoms with Crippen molar-refractivity contribution in [2.75, 3.05) is 0 Å². The number of hydrogen-bond donors (Lipinski definition) is 2. The molecule has 1 aromatic heterocycles. The van der Waals surface area contributed by atoms with Gasteiger partial charge in [0.2, 0.25) is 5.91 Å². The Kier molecular flexibility index (Phi) is 2.87. The number of carbonyl (C=O) groups excluding carboxylic acids is 1. The zero-order valence-corrected chi connectivity index (χ0v) is 6.83. The molecule has 0 aliphatic heterocycles. The Balaban J connectivity index is 2.84. The molecule has 4 nitrogen and oxygen atoms in total. The summed E-state index contributed by atoms with van der Waals surface area (Å²) in [5.41, 5.74) is 4.94. The minimum absolute atomic E-state index is 0.0334. The zero-order valence-electron chi connectivity index (χ0n) is 6.83. The quantitative estimate of drug-likeness (QED) is 0.571. The van der Waals surface area contributed by atoms with Crippen molar-refractivity contribution in [3.8, 4) is 11.8 Å². The SMILES string of the molecule is NC(=O)CC#Cc1ccc[nH]c1=O. The first kappa shape index (κ1) is 9.07. The Morgan fingerprint density at radius 3 is 3.00 bits per heavy atom. The van der Waals surface area contributed by atoms with E-state index in [0.29, 0.717) is 5.56 Å². The molecule has 0 bridgehead atoms. The predicted octanol–water partition coefficient (Wildman–Crippen LogP) is -0.398. The summed E-state index contributed by atoms with van der Waals surface area (Å²) < 4.78 is 0. The molecule has 0 unspecified atom stereocenters. The topological polar surface area (TPSA) is 76.0 Å². The second-order valence-electron chi connectivity index (χ2n) is 2.36. The molecule has 0 atom stereocenters. The Labute approximate surface area is 74.8 Å². The van der Waals surface area contributed by atoms with Crippen LogP contribution >= 0.6 is 0 Å². The van der Waals surface area contributed by atoms with Gasteiger partial charge in [-0.1, -0.05) is 11.8 Å². The van der Waals surface area contributed by atoms with Crippen LogP contribution < -0.4 is 11.3 Å². The lowest BCUT2D eigenvalue weighted by Crippen LogP contribution is -2.09. The molecule has 0 saturated heterocycles. The molecule has 0 saturated carbocycles. The normalized spacial score (nSPS) is 8.62. The molecule has 1 aromatic rings. The van der Waals surface area contributed by atoms with Crippen LogP contribution in [0.15, 0.2) is 23.1 Å². The average molecular weight is 176 g/mol. The highest BCUT2D eigenvalue weighted by atomic mass is 16.1. The van der Waals surface area contributed by atoms with Crippen LogP contribution in [0.5, 0.6) is 0 Å². The molecule has 0 fully saturated rings. The fourth-order valence-electron chi connectivity index (χ4n) is 0.747. The first-order chi connectivity index (χ1) is 6.20. The summed E-state index contributed by atoms with van der Waals surface area (Å²) in [5, 5.41) is 0. The number of carbonyl (C=O) groups is 1. The van der Waals surface area contributed by atoms with Gasteiger partial charge in [0.25, 0.3) is 5.56 Å². The minimum atomic E-state index is -0.500. The lowest BCUT2D eigenvalue weighted by Gasteiger charge is -1.85. The van der Waals surface area contributed by atoms with Crippen molar-refractivity contribution in [1.82, 2.24) is 4.98 Å². The molecule has 4 heteroatoms. The molecule has 0 aromatic carbocycles. The van der Waals surface area contributed by atoms with Gasteiger partial charge in [-0.3, -0.25) is 9.59 Å². The number of aromatic amines is 1. The van der Waals surface area contributed by atoms with E-state index in [9.17, 15) is 9.59 Å². The maximum absolute atomic E-state index is 11.0. The minimum Gasteiger partial charge on any atom is -0.369 e. The molecule has 0 radical (unpaired) electrons. The van der Waals surface area contributed by atoms with E-state index < -0.39 is 5.91 Å². The lowest BCUT2D eigenvalue weighted by atomic mass is 10.3. The van der Waals surface area contributed by atoms with Crippen molar-refractivity contribution in [3.63, 3.8) is 0 Å². The second-order valence-corrected chi connectivity index (χ2v) is 2.36. The van der Waals surface area contributed by atoms with Gasteiger partial charge in [0.1, 0.15) is 0 Å². The highest BCUT2D eigenvalue weighted by molar-refractivity contribution is 5.76. The third-order valence-electron chi connectivity index (χ3n) is 1.30. The molecule has 1 heterocycles. The number of hydrogen-bond acceptors (Lipinski definition) is 2. The van der Waals surface area contributed by atoms with Gasteiger partial charge in [0.05, 0.1) is 12.0 Å². The first-order valence-electron chi connectivity index (χ1n) is 3.65. The number of amides is 1. The summed E-state index contributed by atoms with van der Waals surface area (Å²) in [6, 6.07) is 3.24. The third kappa shape index (κ3) is 2.83. The molecule has 0 aliphatic carbocycles. The van der Waals surface area contributed by atoms with E-state index in [4.69, 9.17) is 5.73 Å². The number of H-pyrrole nitrogens is 1. The van der Waals surface area contributed by atoms with Gasteiger partial charge in [0.15, 0.2) is 0 Å². The van der Waals surface area contributed by atoms with Crippen molar-refractivity contribution < 1.29 is 4.79 Å². The smallest absolute Gasteiger partial charge is 0.263 e. The summed E-state index contributed by atoms with van der Waals surface area (Å²) in [6.45, 7) is 0. The van der Waals surface area contributed by atoms with Crippen LogP contribution in [0.3, 0.4) is 0 Å². The maximum atomic E-state index is 11.0. The van der Waals surface area contributed by atoms with Gasteiger partial charge < -0.3 is 10.7 Å². The largest absolute Gasteiger partial charge is 0.369 e. The highest BCUT2D eigenvalue weighted by Crippen LogP contribution is 1.85. The van der Waals surface area contributed by atoms with Gasteiger partial charge in [-0.05, 0) is 12.1 Å². The summed E-state index contributed by atoms with van der Waals surface area (Å²) in [5.74, 6) is 4.55. The fourth-order valence-corrected chi connectivity index (χ4v) is 0.747. The highest BCUT2D eigenvalue weighted by Gasteiger charge is 1.91. The molecule has 0 spiro atoms. The van der Waals surface area contributed by atoms with Gasteiger partial charge >= 0.3 is 0 Å². The standard InChI is InChI=1S/C9H8N2O2/c10-8(12)5-1-3-7-4-2-6-11-9(7)13/h2,4,6H,5H2,(H2,10,12)(H,11,13). The monoisotopic (exact) mass is 176 g/mol.